The van der Waals surface area contributed by atoms with Gasteiger partial charge in [-0.3, -0.25) is 4.79 Å². The van der Waals surface area contributed by atoms with Crippen molar-refractivity contribution in [3.63, 3.8) is 0 Å². The first-order chi connectivity index (χ1) is 13.5. The molecule has 0 fully saturated rings. The molecule has 0 saturated heterocycles. The maximum Gasteiger partial charge on any atom is 0.230 e. The number of carbonyl (C=O) groups excluding carboxylic acids is 1. The molecule has 1 atom stereocenters. The topological polar surface area (TPSA) is 59.8 Å². The Balaban J connectivity index is 1.67. The Kier molecular flexibility index (Phi) is 6.75. The summed E-state index contributed by atoms with van der Waals surface area (Å²) in [6.07, 6.45) is 0. The van der Waals surface area contributed by atoms with Crippen molar-refractivity contribution in [3.8, 4) is 11.4 Å². The fraction of sp³-hybridized carbons (Fsp3) is 0.286. The van der Waals surface area contributed by atoms with Crippen LogP contribution in [0, 0.1) is 6.92 Å². The highest BCUT2D eigenvalue weighted by atomic mass is 35.5. The van der Waals surface area contributed by atoms with Gasteiger partial charge in [0.15, 0.2) is 11.0 Å². The van der Waals surface area contributed by atoms with E-state index in [-0.39, 0.29) is 17.7 Å². The van der Waals surface area contributed by atoms with E-state index in [0.29, 0.717) is 5.02 Å². The number of rotatable bonds is 7. The van der Waals surface area contributed by atoms with Crippen molar-refractivity contribution < 1.29 is 4.79 Å². The van der Waals surface area contributed by atoms with Gasteiger partial charge < -0.3 is 9.88 Å². The molecule has 146 valence electrons. The molecule has 3 rings (SSSR count). The summed E-state index contributed by atoms with van der Waals surface area (Å²) in [6.45, 7) is 6.76. The lowest BCUT2D eigenvalue weighted by Crippen LogP contribution is -2.28. The third-order valence-corrected chi connectivity index (χ3v) is 5.81. The number of hydrogen-bond acceptors (Lipinski definition) is 4. The van der Waals surface area contributed by atoms with Gasteiger partial charge in [0.2, 0.25) is 5.91 Å². The van der Waals surface area contributed by atoms with Gasteiger partial charge in [0.25, 0.3) is 0 Å². The number of nitrogens with zero attached hydrogens (tertiary/aromatic N) is 3. The average molecular weight is 415 g/mol. The summed E-state index contributed by atoms with van der Waals surface area (Å²) >= 11 is 7.60. The molecule has 0 aliphatic heterocycles. The third kappa shape index (κ3) is 4.56. The minimum atomic E-state index is -0.159. The van der Waals surface area contributed by atoms with Gasteiger partial charge in [0, 0.05) is 17.1 Å². The van der Waals surface area contributed by atoms with Crippen LogP contribution in [0.3, 0.4) is 0 Å². The van der Waals surface area contributed by atoms with Crippen molar-refractivity contribution in [1.29, 1.82) is 0 Å². The molecule has 0 unspecified atom stereocenters. The molecule has 0 radical (unpaired) electrons. The predicted molar refractivity (Wildman–Crippen MR) is 115 cm³/mol. The first-order valence-electron chi connectivity index (χ1n) is 9.17. The number of carbonyl (C=O) groups is 1. The van der Waals surface area contributed by atoms with Crippen LogP contribution in [0.15, 0.2) is 53.7 Å². The van der Waals surface area contributed by atoms with Crippen LogP contribution in [0.4, 0.5) is 0 Å². The fourth-order valence-corrected chi connectivity index (χ4v) is 4.13. The largest absolute Gasteiger partial charge is 0.349 e. The summed E-state index contributed by atoms with van der Waals surface area (Å²) in [4.78, 5) is 12.4. The minimum absolute atomic E-state index is 0.0690. The molecule has 7 heteroatoms. The molecule has 2 aromatic carbocycles. The summed E-state index contributed by atoms with van der Waals surface area (Å²) in [7, 11) is 0. The maximum atomic E-state index is 12.4. The zero-order valence-corrected chi connectivity index (χ0v) is 17.7. The van der Waals surface area contributed by atoms with E-state index in [1.807, 2.05) is 54.0 Å². The van der Waals surface area contributed by atoms with Crippen molar-refractivity contribution >= 4 is 29.3 Å². The van der Waals surface area contributed by atoms with Crippen LogP contribution in [-0.2, 0) is 11.3 Å². The molecule has 0 spiro atoms. The average Bonchev–Trinajstić information content (AvgIpc) is 3.09. The predicted octanol–water partition coefficient (Wildman–Crippen LogP) is 4.90. The number of aromatic nitrogens is 3. The zero-order valence-electron chi connectivity index (χ0n) is 16.1. The van der Waals surface area contributed by atoms with Gasteiger partial charge in [-0.1, -0.05) is 65.8 Å². The number of amides is 1. The second-order valence-electron chi connectivity index (χ2n) is 6.46. The van der Waals surface area contributed by atoms with Crippen molar-refractivity contribution in [2.75, 3.05) is 5.75 Å². The van der Waals surface area contributed by atoms with Crippen LogP contribution in [0.2, 0.25) is 5.02 Å². The molecule has 28 heavy (non-hydrogen) atoms. The van der Waals surface area contributed by atoms with Crippen LogP contribution in [0.1, 0.15) is 31.0 Å². The molecular weight excluding hydrogens is 392 g/mol. The number of halogens is 1. The summed E-state index contributed by atoms with van der Waals surface area (Å²) in [5.41, 5.74) is 3.11. The first-order valence-corrected chi connectivity index (χ1v) is 10.5. The van der Waals surface area contributed by atoms with E-state index >= 15 is 0 Å². The van der Waals surface area contributed by atoms with Crippen molar-refractivity contribution in [2.45, 2.75) is 38.5 Å². The molecule has 1 aromatic heterocycles. The van der Waals surface area contributed by atoms with Gasteiger partial charge in [-0.15, -0.1) is 10.2 Å². The highest BCUT2D eigenvalue weighted by molar-refractivity contribution is 7.99. The Morgan fingerprint density at radius 1 is 1.18 bits per heavy atom. The molecule has 0 aliphatic carbocycles. The van der Waals surface area contributed by atoms with Gasteiger partial charge in [-0.25, -0.2) is 0 Å². The van der Waals surface area contributed by atoms with Crippen molar-refractivity contribution in [1.82, 2.24) is 20.1 Å². The highest BCUT2D eigenvalue weighted by Gasteiger charge is 2.17. The summed E-state index contributed by atoms with van der Waals surface area (Å²) in [6, 6.07) is 15.5. The van der Waals surface area contributed by atoms with Crippen LogP contribution in [0.5, 0.6) is 0 Å². The molecule has 0 bridgehead atoms. The van der Waals surface area contributed by atoms with Crippen LogP contribution in [0.25, 0.3) is 11.4 Å². The lowest BCUT2D eigenvalue weighted by atomic mass is 10.1. The molecule has 1 amide bonds. The quantitative estimate of drug-likeness (QED) is 0.559. The Hall–Kier alpha value is -2.31. The van der Waals surface area contributed by atoms with E-state index in [0.717, 1.165) is 34.2 Å². The van der Waals surface area contributed by atoms with E-state index in [4.69, 9.17) is 11.6 Å². The normalized spacial score (nSPS) is 12.0. The van der Waals surface area contributed by atoms with E-state index in [2.05, 4.69) is 35.4 Å². The number of hydrogen-bond donors (Lipinski definition) is 1. The van der Waals surface area contributed by atoms with Gasteiger partial charge in [-0.2, -0.15) is 0 Å². The third-order valence-electron chi connectivity index (χ3n) is 4.50. The van der Waals surface area contributed by atoms with Gasteiger partial charge in [0.1, 0.15) is 0 Å². The number of thioether (sulfide) groups is 1. The molecule has 0 saturated carbocycles. The fourth-order valence-electron chi connectivity index (χ4n) is 3.02. The SMILES string of the molecule is CCn1c(SCC(=O)N[C@@H](C)c2ccccc2Cl)nnc1-c1ccccc1C. The summed E-state index contributed by atoms with van der Waals surface area (Å²) < 4.78 is 2.04. The Morgan fingerprint density at radius 3 is 2.61 bits per heavy atom. The second-order valence-corrected chi connectivity index (χ2v) is 7.81. The number of benzene rings is 2. The maximum absolute atomic E-state index is 12.4. The lowest BCUT2D eigenvalue weighted by molar-refractivity contribution is -0.119. The lowest BCUT2D eigenvalue weighted by Gasteiger charge is -2.15. The molecule has 1 N–H and O–H groups in total. The van der Waals surface area contributed by atoms with Gasteiger partial charge in [0.05, 0.1) is 11.8 Å². The molecular formula is C21H23ClN4OS. The monoisotopic (exact) mass is 414 g/mol. The zero-order chi connectivity index (χ0) is 20.1. The van der Waals surface area contributed by atoms with Crippen molar-refractivity contribution in [2.24, 2.45) is 0 Å². The highest BCUT2D eigenvalue weighted by Crippen LogP contribution is 2.26. The van der Waals surface area contributed by atoms with Gasteiger partial charge >= 0.3 is 0 Å². The minimum Gasteiger partial charge on any atom is -0.349 e. The first kappa shape index (κ1) is 20.4. The van der Waals surface area contributed by atoms with Crippen molar-refractivity contribution in [3.05, 3.63) is 64.7 Å². The molecule has 1 heterocycles. The summed E-state index contributed by atoms with van der Waals surface area (Å²) in [5.74, 6) is 1.02. The van der Waals surface area contributed by atoms with Crippen LogP contribution in [-0.4, -0.2) is 26.4 Å². The van der Waals surface area contributed by atoms with E-state index < -0.39 is 0 Å². The molecule has 5 nitrogen and oxygen atoms in total. The Morgan fingerprint density at radius 2 is 1.89 bits per heavy atom. The van der Waals surface area contributed by atoms with E-state index in [1.54, 1.807) is 0 Å². The second kappa shape index (κ2) is 9.26. The Labute approximate surface area is 174 Å². The Bertz CT molecular complexity index is 973. The molecule has 0 aliphatic rings. The van der Waals surface area contributed by atoms with Crippen LogP contribution >= 0.6 is 23.4 Å². The van der Waals surface area contributed by atoms with E-state index in [9.17, 15) is 4.79 Å². The molecule has 3 aromatic rings. The smallest absolute Gasteiger partial charge is 0.230 e. The van der Waals surface area contributed by atoms with Gasteiger partial charge in [-0.05, 0) is 38.0 Å². The standard InChI is InChI=1S/C21H23ClN4OS/c1-4-26-20(16-10-6-5-9-14(16)2)24-25-21(26)28-13-19(27)23-15(3)17-11-7-8-12-18(17)22/h5-12,15H,4,13H2,1-3H3,(H,23,27)/t15-/m0/s1. The number of nitrogens with one attached hydrogen (secondary N) is 1. The number of aryl methyl sites for hydroxylation is 1. The summed E-state index contributed by atoms with van der Waals surface area (Å²) in [5, 5.41) is 13.0. The van der Waals surface area contributed by atoms with E-state index in [1.165, 1.54) is 11.8 Å². The van der Waals surface area contributed by atoms with Crippen LogP contribution < -0.4 is 5.32 Å².